The summed E-state index contributed by atoms with van der Waals surface area (Å²) in [6, 6.07) is 7.12. The molecule has 1 fully saturated rings. The van der Waals surface area contributed by atoms with E-state index in [0.29, 0.717) is 5.75 Å². The third-order valence-corrected chi connectivity index (χ3v) is 3.09. The first-order valence-electron chi connectivity index (χ1n) is 6.07. The molecule has 6 heteroatoms. The molecule has 0 saturated carbocycles. The molecule has 6 nitrogen and oxygen atoms in total. The molecular weight excluding hydrogens is 252 g/mol. The third kappa shape index (κ3) is 3.05. The Balaban J connectivity index is 2.10. The first kappa shape index (κ1) is 14.2. The number of rotatable bonds is 3. The van der Waals surface area contributed by atoms with E-state index in [-0.39, 0.29) is 0 Å². The van der Waals surface area contributed by atoms with Gasteiger partial charge in [0, 0.05) is 0 Å². The molecule has 0 amide bonds. The monoisotopic (exact) mass is 270 g/mol. The molecule has 1 heterocycles. The predicted octanol–water partition coefficient (Wildman–Crippen LogP) is -0.826. The van der Waals surface area contributed by atoms with E-state index in [9.17, 15) is 15.3 Å². The molecule has 0 bridgehead atoms. The summed E-state index contributed by atoms with van der Waals surface area (Å²) in [6.45, 7) is 1.42. The van der Waals surface area contributed by atoms with Gasteiger partial charge in [0.25, 0.3) is 0 Å². The van der Waals surface area contributed by atoms with E-state index in [0.717, 1.165) is 5.56 Å². The van der Waals surface area contributed by atoms with Crippen molar-refractivity contribution in [3.8, 4) is 5.75 Å². The van der Waals surface area contributed by atoms with Crippen LogP contribution < -0.4 is 4.74 Å². The van der Waals surface area contributed by atoms with E-state index >= 15 is 0 Å². The quantitative estimate of drug-likeness (QED) is 0.572. The van der Waals surface area contributed by atoms with Crippen LogP contribution in [0.15, 0.2) is 24.3 Å². The Kier molecular flexibility index (Phi) is 4.38. The lowest BCUT2D eigenvalue weighted by atomic mass is 9.99. The number of aliphatic hydroxyl groups excluding tert-OH is 4. The number of aliphatic hydroxyl groups is 4. The van der Waals surface area contributed by atoms with E-state index < -0.39 is 37.3 Å². The highest BCUT2D eigenvalue weighted by atomic mass is 16.7. The highest BCUT2D eigenvalue weighted by molar-refractivity contribution is 5.27. The molecule has 5 atom stereocenters. The van der Waals surface area contributed by atoms with Gasteiger partial charge >= 0.3 is 0 Å². The molecule has 1 aliphatic heterocycles. The van der Waals surface area contributed by atoms with Crippen LogP contribution in [0.1, 0.15) is 5.56 Å². The fourth-order valence-corrected chi connectivity index (χ4v) is 1.99. The van der Waals surface area contributed by atoms with Gasteiger partial charge in [-0.1, -0.05) is 12.1 Å². The van der Waals surface area contributed by atoms with Gasteiger partial charge in [0.05, 0.1) is 6.61 Å². The SMILES string of the molecule is Cc1cccc(O[C@H]2O[C@H](CO)[C@@H](O)[C@@H](O)[C@@H]2O)c1. The van der Waals surface area contributed by atoms with Crippen LogP contribution in [0, 0.1) is 6.92 Å². The number of hydrogen-bond acceptors (Lipinski definition) is 6. The zero-order valence-electron chi connectivity index (χ0n) is 10.5. The minimum atomic E-state index is -1.43. The Morgan fingerprint density at radius 1 is 1.16 bits per heavy atom. The van der Waals surface area contributed by atoms with Crippen LogP contribution in [0.2, 0.25) is 0 Å². The van der Waals surface area contributed by atoms with Gasteiger partial charge in [0.15, 0.2) is 0 Å². The van der Waals surface area contributed by atoms with Crippen molar-refractivity contribution >= 4 is 0 Å². The minimum absolute atomic E-state index is 0.474. The van der Waals surface area contributed by atoms with Crippen LogP contribution in [-0.4, -0.2) is 57.7 Å². The van der Waals surface area contributed by atoms with Gasteiger partial charge in [-0.05, 0) is 24.6 Å². The molecule has 0 aromatic heterocycles. The zero-order valence-corrected chi connectivity index (χ0v) is 10.5. The fraction of sp³-hybridized carbons (Fsp3) is 0.538. The van der Waals surface area contributed by atoms with Crippen molar-refractivity contribution in [2.24, 2.45) is 0 Å². The first-order valence-corrected chi connectivity index (χ1v) is 6.07. The average molecular weight is 270 g/mol. The Morgan fingerprint density at radius 2 is 1.89 bits per heavy atom. The van der Waals surface area contributed by atoms with Crippen LogP contribution in [-0.2, 0) is 4.74 Å². The van der Waals surface area contributed by atoms with E-state index in [1.54, 1.807) is 18.2 Å². The molecule has 1 aliphatic rings. The Morgan fingerprint density at radius 3 is 2.53 bits per heavy atom. The summed E-state index contributed by atoms with van der Waals surface area (Å²) in [7, 11) is 0. The van der Waals surface area contributed by atoms with Crippen LogP contribution >= 0.6 is 0 Å². The standard InChI is InChI=1S/C13H18O6/c1-7-3-2-4-8(5-7)18-13-12(17)11(16)10(15)9(6-14)19-13/h2-5,9-17H,6H2,1H3/t9-,10-,11-,12+,13+/m1/s1. The molecule has 1 aromatic rings. The molecule has 0 aliphatic carbocycles. The van der Waals surface area contributed by atoms with Crippen molar-refractivity contribution in [1.82, 2.24) is 0 Å². The third-order valence-electron chi connectivity index (χ3n) is 3.09. The molecule has 0 unspecified atom stereocenters. The van der Waals surface area contributed by atoms with Crippen LogP contribution in [0.5, 0.6) is 5.75 Å². The highest BCUT2D eigenvalue weighted by Gasteiger charge is 2.44. The Bertz CT molecular complexity index is 421. The average Bonchev–Trinajstić information content (AvgIpc) is 2.39. The summed E-state index contributed by atoms with van der Waals surface area (Å²) in [5, 5.41) is 38.1. The smallest absolute Gasteiger partial charge is 0.229 e. The van der Waals surface area contributed by atoms with Crippen molar-refractivity contribution in [3.63, 3.8) is 0 Å². The maximum absolute atomic E-state index is 9.81. The van der Waals surface area contributed by atoms with Crippen molar-refractivity contribution in [2.75, 3.05) is 6.61 Å². The summed E-state index contributed by atoms with van der Waals surface area (Å²) >= 11 is 0. The summed E-state index contributed by atoms with van der Waals surface area (Å²) in [4.78, 5) is 0. The lowest BCUT2D eigenvalue weighted by molar-refractivity contribution is -0.277. The molecule has 0 spiro atoms. The number of ether oxygens (including phenoxy) is 2. The normalized spacial score (nSPS) is 35.1. The van der Waals surface area contributed by atoms with Crippen LogP contribution in [0.3, 0.4) is 0 Å². The van der Waals surface area contributed by atoms with Crippen LogP contribution in [0.4, 0.5) is 0 Å². The molecule has 2 rings (SSSR count). The predicted molar refractivity (Wildman–Crippen MR) is 65.6 cm³/mol. The largest absolute Gasteiger partial charge is 0.462 e. The molecule has 106 valence electrons. The molecular formula is C13H18O6. The van der Waals surface area contributed by atoms with Crippen molar-refractivity contribution < 1.29 is 29.9 Å². The Labute approximate surface area is 110 Å². The molecule has 19 heavy (non-hydrogen) atoms. The maximum Gasteiger partial charge on any atom is 0.229 e. The van der Waals surface area contributed by atoms with Gasteiger partial charge in [0.1, 0.15) is 30.2 Å². The van der Waals surface area contributed by atoms with Gasteiger partial charge in [-0.15, -0.1) is 0 Å². The van der Waals surface area contributed by atoms with Gasteiger partial charge in [0.2, 0.25) is 6.29 Å². The van der Waals surface area contributed by atoms with E-state index in [1.807, 2.05) is 13.0 Å². The van der Waals surface area contributed by atoms with Gasteiger partial charge in [-0.3, -0.25) is 0 Å². The topological polar surface area (TPSA) is 99.4 Å². The first-order chi connectivity index (χ1) is 9.02. The summed E-state index contributed by atoms with van der Waals surface area (Å²) in [6.07, 6.45) is -6.30. The molecule has 0 radical (unpaired) electrons. The maximum atomic E-state index is 9.81. The second-order valence-corrected chi connectivity index (χ2v) is 4.63. The van der Waals surface area contributed by atoms with Gasteiger partial charge in [-0.25, -0.2) is 0 Å². The van der Waals surface area contributed by atoms with Crippen molar-refractivity contribution in [1.29, 1.82) is 0 Å². The van der Waals surface area contributed by atoms with E-state index in [1.165, 1.54) is 0 Å². The van der Waals surface area contributed by atoms with E-state index in [2.05, 4.69) is 0 Å². The number of benzene rings is 1. The van der Waals surface area contributed by atoms with Crippen molar-refractivity contribution in [3.05, 3.63) is 29.8 Å². The fourth-order valence-electron chi connectivity index (χ4n) is 1.99. The molecule has 1 aromatic carbocycles. The second kappa shape index (κ2) is 5.85. The highest BCUT2D eigenvalue weighted by Crippen LogP contribution is 2.24. The summed E-state index contributed by atoms with van der Waals surface area (Å²) in [5.41, 5.74) is 0.974. The Hall–Kier alpha value is -1.18. The van der Waals surface area contributed by atoms with E-state index in [4.69, 9.17) is 14.6 Å². The zero-order chi connectivity index (χ0) is 14.0. The van der Waals surface area contributed by atoms with Gasteiger partial charge < -0.3 is 29.9 Å². The summed E-state index contributed by atoms with van der Waals surface area (Å²) in [5.74, 6) is 0.476. The number of hydrogen-bond donors (Lipinski definition) is 4. The van der Waals surface area contributed by atoms with Crippen LogP contribution in [0.25, 0.3) is 0 Å². The molecule has 4 N–H and O–H groups in total. The minimum Gasteiger partial charge on any atom is -0.462 e. The van der Waals surface area contributed by atoms with Gasteiger partial charge in [-0.2, -0.15) is 0 Å². The summed E-state index contributed by atoms with van der Waals surface area (Å²) < 4.78 is 10.7. The molecule has 1 saturated heterocycles. The van der Waals surface area contributed by atoms with Crippen molar-refractivity contribution in [2.45, 2.75) is 37.6 Å². The lowest BCUT2D eigenvalue weighted by Crippen LogP contribution is -2.60. The second-order valence-electron chi connectivity index (χ2n) is 4.63. The number of aryl methyl sites for hydroxylation is 1. The lowest BCUT2D eigenvalue weighted by Gasteiger charge is -2.39.